The molecule has 2 heterocycles. The molecule has 1 aromatic carbocycles. The lowest BCUT2D eigenvalue weighted by Crippen LogP contribution is -2.32. The summed E-state index contributed by atoms with van der Waals surface area (Å²) in [5, 5.41) is 11.3. The van der Waals surface area contributed by atoms with E-state index < -0.39 is 0 Å². The van der Waals surface area contributed by atoms with E-state index >= 15 is 0 Å². The summed E-state index contributed by atoms with van der Waals surface area (Å²) in [7, 11) is 0. The number of hydrogen-bond acceptors (Lipinski definition) is 3. The number of H-pyrrole nitrogens is 1. The van der Waals surface area contributed by atoms with Crippen LogP contribution in [0.5, 0.6) is 0 Å². The molecule has 1 aromatic heterocycles. The first-order chi connectivity index (χ1) is 10.6. The average molecular weight is 300 g/mol. The molecule has 1 aliphatic heterocycles. The number of pyridine rings is 1. The number of nitrogens with zero attached hydrogens (tertiary/aromatic N) is 1. The summed E-state index contributed by atoms with van der Waals surface area (Å²) in [6, 6.07) is 8.06. The van der Waals surface area contributed by atoms with Gasteiger partial charge in [0.15, 0.2) is 0 Å². The zero-order chi connectivity index (χ0) is 15.7. The summed E-state index contributed by atoms with van der Waals surface area (Å²) in [6.45, 7) is 6.22. The molecule has 3 rings (SSSR count). The number of rotatable bonds is 4. The van der Waals surface area contributed by atoms with Crippen molar-refractivity contribution in [2.24, 2.45) is 0 Å². The van der Waals surface area contributed by atoms with Crippen molar-refractivity contribution in [2.45, 2.75) is 45.2 Å². The van der Waals surface area contributed by atoms with E-state index in [1.54, 1.807) is 0 Å². The fourth-order valence-corrected chi connectivity index (χ4v) is 3.53. The van der Waals surface area contributed by atoms with Gasteiger partial charge in [-0.1, -0.05) is 32.0 Å². The first-order valence-corrected chi connectivity index (χ1v) is 8.10. The van der Waals surface area contributed by atoms with Crippen molar-refractivity contribution in [1.29, 1.82) is 0 Å². The van der Waals surface area contributed by atoms with E-state index in [0.29, 0.717) is 0 Å². The molecule has 0 amide bonds. The molecule has 0 bridgehead atoms. The average Bonchev–Trinajstić information content (AvgIpc) is 2.97. The Labute approximate surface area is 130 Å². The largest absolute Gasteiger partial charge is 0.395 e. The molecule has 0 unspecified atom stereocenters. The summed E-state index contributed by atoms with van der Waals surface area (Å²) in [6.07, 6.45) is 2.18. The van der Waals surface area contributed by atoms with Gasteiger partial charge >= 0.3 is 0 Å². The molecule has 4 nitrogen and oxygen atoms in total. The van der Waals surface area contributed by atoms with Crippen molar-refractivity contribution in [3.63, 3.8) is 0 Å². The van der Waals surface area contributed by atoms with Gasteiger partial charge in [-0.05, 0) is 42.3 Å². The topological polar surface area (TPSA) is 56.3 Å². The third-order valence-electron chi connectivity index (χ3n) is 4.72. The van der Waals surface area contributed by atoms with Crippen LogP contribution in [-0.2, 0) is 6.54 Å². The van der Waals surface area contributed by atoms with E-state index in [2.05, 4.69) is 23.7 Å². The summed E-state index contributed by atoms with van der Waals surface area (Å²) < 4.78 is 0. The molecule has 1 atom stereocenters. The van der Waals surface area contributed by atoms with Gasteiger partial charge < -0.3 is 10.1 Å². The molecule has 2 N–H and O–H groups in total. The Balaban J connectivity index is 2.12. The Morgan fingerprint density at radius 3 is 2.73 bits per heavy atom. The second-order valence-electron chi connectivity index (χ2n) is 6.50. The minimum atomic E-state index is -0.0109. The molecular formula is C18H24N2O2. The highest BCUT2D eigenvalue weighted by atomic mass is 16.3. The SMILES string of the molecule is CC(C)c1[nH]c(=O)c2ccccc2c1CN1CCC[C@H]1CO. The maximum absolute atomic E-state index is 12.3. The Morgan fingerprint density at radius 1 is 1.32 bits per heavy atom. The van der Waals surface area contributed by atoms with Crippen LogP contribution in [0.25, 0.3) is 10.8 Å². The molecule has 0 spiro atoms. The predicted molar refractivity (Wildman–Crippen MR) is 89.2 cm³/mol. The molecule has 0 saturated carbocycles. The first kappa shape index (κ1) is 15.3. The number of aliphatic hydroxyl groups excluding tert-OH is 1. The Morgan fingerprint density at radius 2 is 2.05 bits per heavy atom. The standard InChI is InChI=1S/C18H24N2O2/c1-12(2)17-16(10-20-9-5-6-13(20)11-21)14-7-3-4-8-15(14)18(22)19-17/h3-4,7-8,12-13,21H,5-6,9-11H2,1-2H3,(H,19,22)/t13-/m0/s1. The molecule has 0 aliphatic carbocycles. The number of aromatic nitrogens is 1. The van der Waals surface area contributed by atoms with E-state index in [4.69, 9.17) is 0 Å². The quantitative estimate of drug-likeness (QED) is 0.912. The van der Waals surface area contributed by atoms with Crippen molar-refractivity contribution in [3.05, 3.63) is 45.9 Å². The second kappa shape index (κ2) is 6.23. The highest BCUT2D eigenvalue weighted by Crippen LogP contribution is 2.28. The van der Waals surface area contributed by atoms with Crippen molar-refractivity contribution in [1.82, 2.24) is 9.88 Å². The van der Waals surface area contributed by atoms with Crippen molar-refractivity contribution in [3.8, 4) is 0 Å². The van der Waals surface area contributed by atoms with E-state index in [9.17, 15) is 9.90 Å². The highest BCUT2D eigenvalue weighted by Gasteiger charge is 2.25. The van der Waals surface area contributed by atoms with Crippen LogP contribution in [0.1, 0.15) is 43.9 Å². The van der Waals surface area contributed by atoms with Gasteiger partial charge in [-0.15, -0.1) is 0 Å². The molecule has 1 aliphatic rings. The van der Waals surface area contributed by atoms with Crippen molar-refractivity contribution < 1.29 is 5.11 Å². The van der Waals surface area contributed by atoms with Crippen molar-refractivity contribution in [2.75, 3.05) is 13.2 Å². The van der Waals surface area contributed by atoms with Crippen LogP contribution in [0.15, 0.2) is 29.1 Å². The normalized spacial score (nSPS) is 19.4. The van der Waals surface area contributed by atoms with Gasteiger partial charge in [0.1, 0.15) is 0 Å². The Hall–Kier alpha value is -1.65. The van der Waals surface area contributed by atoms with Gasteiger partial charge in [-0.2, -0.15) is 0 Å². The number of hydrogen-bond donors (Lipinski definition) is 2. The van der Waals surface area contributed by atoms with Gasteiger partial charge in [0.05, 0.1) is 6.61 Å². The lowest BCUT2D eigenvalue weighted by molar-refractivity contribution is 0.153. The minimum absolute atomic E-state index is 0.0109. The minimum Gasteiger partial charge on any atom is -0.395 e. The zero-order valence-corrected chi connectivity index (χ0v) is 13.3. The summed E-state index contributed by atoms with van der Waals surface area (Å²) in [4.78, 5) is 17.7. The lowest BCUT2D eigenvalue weighted by Gasteiger charge is -2.25. The number of likely N-dealkylation sites (tertiary alicyclic amines) is 1. The highest BCUT2D eigenvalue weighted by molar-refractivity contribution is 5.85. The number of nitrogens with one attached hydrogen (secondary N) is 1. The summed E-state index contributed by atoms with van der Waals surface area (Å²) in [5.74, 6) is 0.266. The Kier molecular flexibility index (Phi) is 4.32. The van der Waals surface area contributed by atoms with Crippen LogP contribution in [0, 0.1) is 0 Å². The van der Waals surface area contributed by atoms with Crippen LogP contribution in [0.2, 0.25) is 0 Å². The molecule has 1 saturated heterocycles. The van der Waals surface area contributed by atoms with Crippen LogP contribution < -0.4 is 5.56 Å². The van der Waals surface area contributed by atoms with Gasteiger partial charge in [-0.25, -0.2) is 0 Å². The molecule has 118 valence electrons. The predicted octanol–water partition coefficient (Wildman–Crippen LogP) is 2.61. The van der Waals surface area contributed by atoms with E-state index in [-0.39, 0.29) is 24.1 Å². The maximum Gasteiger partial charge on any atom is 0.256 e. The van der Waals surface area contributed by atoms with Gasteiger partial charge in [-0.3, -0.25) is 9.69 Å². The summed E-state index contributed by atoms with van der Waals surface area (Å²) in [5.41, 5.74) is 2.21. The first-order valence-electron chi connectivity index (χ1n) is 8.10. The van der Waals surface area contributed by atoms with Crippen LogP contribution in [0.3, 0.4) is 0 Å². The number of aliphatic hydroxyl groups is 1. The molecule has 22 heavy (non-hydrogen) atoms. The maximum atomic E-state index is 12.3. The fourth-order valence-electron chi connectivity index (χ4n) is 3.53. The molecular weight excluding hydrogens is 276 g/mol. The number of fused-ring (bicyclic) bond motifs is 1. The van der Waals surface area contributed by atoms with Gasteiger partial charge in [0, 0.05) is 23.7 Å². The molecule has 0 radical (unpaired) electrons. The fraction of sp³-hybridized carbons (Fsp3) is 0.500. The van der Waals surface area contributed by atoms with Crippen LogP contribution in [0.4, 0.5) is 0 Å². The lowest BCUT2D eigenvalue weighted by atomic mass is 9.97. The summed E-state index contributed by atoms with van der Waals surface area (Å²) >= 11 is 0. The van der Waals surface area contributed by atoms with E-state index in [1.165, 1.54) is 5.56 Å². The third kappa shape index (κ3) is 2.69. The number of benzene rings is 1. The third-order valence-corrected chi connectivity index (χ3v) is 4.72. The van der Waals surface area contributed by atoms with Crippen LogP contribution >= 0.6 is 0 Å². The van der Waals surface area contributed by atoms with E-state index in [0.717, 1.165) is 42.4 Å². The van der Waals surface area contributed by atoms with Gasteiger partial charge in [0.25, 0.3) is 5.56 Å². The molecule has 4 heteroatoms. The molecule has 2 aromatic rings. The smallest absolute Gasteiger partial charge is 0.256 e. The van der Waals surface area contributed by atoms with Crippen LogP contribution in [-0.4, -0.2) is 34.2 Å². The van der Waals surface area contributed by atoms with E-state index in [1.807, 2.05) is 24.3 Å². The second-order valence-corrected chi connectivity index (χ2v) is 6.50. The number of aromatic amines is 1. The van der Waals surface area contributed by atoms with Gasteiger partial charge in [0.2, 0.25) is 0 Å². The zero-order valence-electron chi connectivity index (χ0n) is 13.3. The Bertz CT molecular complexity index is 721. The molecule has 1 fully saturated rings. The monoisotopic (exact) mass is 300 g/mol. The van der Waals surface area contributed by atoms with Crippen molar-refractivity contribution >= 4 is 10.8 Å².